The number of rotatable bonds is 3. The highest BCUT2D eigenvalue weighted by Gasteiger charge is 2.59. The monoisotopic (exact) mass is 525 g/mol. The fourth-order valence-corrected chi connectivity index (χ4v) is 5.27. The number of urea groups is 1. The minimum atomic E-state index is -4.78. The first kappa shape index (κ1) is 23.8. The molecular weight excluding hydrogens is 505 g/mol. The molecule has 1 spiro atoms. The van der Waals surface area contributed by atoms with Gasteiger partial charge in [0, 0.05) is 29.7 Å². The molecule has 2 fully saturated rings. The third-order valence-electron chi connectivity index (χ3n) is 7.39. The Morgan fingerprint density at radius 2 is 2.00 bits per heavy atom. The molecule has 3 amide bonds. The summed E-state index contributed by atoms with van der Waals surface area (Å²) < 4.78 is 73.7. The summed E-state index contributed by atoms with van der Waals surface area (Å²) in [4.78, 5) is 35.5. The Labute approximate surface area is 206 Å². The van der Waals surface area contributed by atoms with Gasteiger partial charge in [-0.05, 0) is 19.4 Å². The zero-order chi connectivity index (χ0) is 26.5. The third kappa shape index (κ3) is 3.45. The molecule has 2 saturated heterocycles. The number of alkyl halides is 5. The number of amides is 3. The number of benzene rings is 1. The number of aliphatic hydroxyl groups is 1. The summed E-state index contributed by atoms with van der Waals surface area (Å²) in [5, 5.41) is 12.2. The molecule has 0 radical (unpaired) electrons. The standard InChI is InChI=1S/C23H20F5N5O4/c1-10-14(34)7-32(10)19-29-16(12-4-5-22(24,25)17(12)30-19)11-2-3-13-15(6-11)37-9-21(13)18(35)33(20(36)31-21)8-23(26,27)28/h2-3,6,10,14,34H,4-5,7-9H2,1H3,(H,31,36)/t10-,14+,21?/m0/s1. The fraction of sp³-hybridized carbons (Fsp3) is 0.478. The van der Waals surface area contributed by atoms with E-state index in [1.807, 2.05) is 0 Å². The van der Waals surface area contributed by atoms with Crippen LogP contribution in [0.25, 0.3) is 11.3 Å². The molecule has 3 atom stereocenters. The van der Waals surface area contributed by atoms with Crippen molar-refractivity contribution in [2.45, 2.75) is 49.5 Å². The summed E-state index contributed by atoms with van der Waals surface area (Å²) in [6, 6.07) is 2.84. The third-order valence-corrected chi connectivity index (χ3v) is 7.39. The van der Waals surface area contributed by atoms with Crippen LogP contribution in [0.4, 0.5) is 32.7 Å². The number of halogens is 5. The fourth-order valence-electron chi connectivity index (χ4n) is 5.27. The van der Waals surface area contributed by atoms with Crippen LogP contribution >= 0.6 is 0 Å². The van der Waals surface area contributed by atoms with Crippen LogP contribution in [0.5, 0.6) is 5.75 Å². The molecule has 1 aromatic heterocycles. The minimum Gasteiger partial charge on any atom is -0.490 e. The number of nitrogens with one attached hydrogen (secondary N) is 1. The van der Waals surface area contributed by atoms with Crippen molar-refractivity contribution in [2.75, 3.05) is 24.6 Å². The van der Waals surface area contributed by atoms with Gasteiger partial charge in [0.25, 0.3) is 11.8 Å². The van der Waals surface area contributed by atoms with E-state index in [2.05, 4.69) is 15.3 Å². The maximum atomic E-state index is 14.7. The Balaban J connectivity index is 1.40. The molecule has 9 nitrogen and oxygen atoms in total. The first-order valence-corrected chi connectivity index (χ1v) is 11.5. The van der Waals surface area contributed by atoms with E-state index in [9.17, 15) is 36.6 Å². The SMILES string of the molecule is C[C@H]1[C@H](O)CN1c1nc(-c2ccc3c(c2)OCC32NC(=O)N(CC(F)(F)F)C2=O)c2c(n1)C(F)(F)CC2. The number of aliphatic hydroxyl groups excluding tert-OH is 1. The molecule has 1 aromatic carbocycles. The van der Waals surface area contributed by atoms with Crippen LogP contribution in [-0.2, 0) is 22.7 Å². The van der Waals surface area contributed by atoms with Crippen molar-refractivity contribution < 1.29 is 41.4 Å². The van der Waals surface area contributed by atoms with Gasteiger partial charge in [-0.25, -0.2) is 14.8 Å². The number of fused-ring (bicyclic) bond motifs is 3. The zero-order valence-corrected chi connectivity index (χ0v) is 19.3. The van der Waals surface area contributed by atoms with Crippen molar-refractivity contribution in [1.29, 1.82) is 0 Å². The van der Waals surface area contributed by atoms with Gasteiger partial charge in [-0.1, -0.05) is 12.1 Å². The Morgan fingerprint density at radius 1 is 1.24 bits per heavy atom. The number of nitrogens with zero attached hydrogens (tertiary/aromatic N) is 4. The molecule has 6 rings (SSSR count). The van der Waals surface area contributed by atoms with Gasteiger partial charge in [-0.15, -0.1) is 0 Å². The Kier molecular flexibility index (Phi) is 4.82. The molecule has 0 bridgehead atoms. The topological polar surface area (TPSA) is 108 Å². The van der Waals surface area contributed by atoms with E-state index in [-0.39, 0.29) is 58.1 Å². The number of hydrogen-bond donors (Lipinski definition) is 2. The van der Waals surface area contributed by atoms with Crippen LogP contribution in [0.2, 0.25) is 0 Å². The maximum Gasteiger partial charge on any atom is 0.406 e. The lowest BCUT2D eigenvalue weighted by atomic mass is 9.90. The number of carbonyl (C=O) groups is 2. The largest absolute Gasteiger partial charge is 0.490 e. The number of carbonyl (C=O) groups excluding carboxylic acids is 2. The van der Waals surface area contributed by atoms with Crippen LogP contribution in [-0.4, -0.2) is 69.9 Å². The van der Waals surface area contributed by atoms with E-state index in [1.54, 1.807) is 11.8 Å². The van der Waals surface area contributed by atoms with Gasteiger partial charge < -0.3 is 20.1 Å². The Hall–Kier alpha value is -3.55. The van der Waals surface area contributed by atoms with Crippen LogP contribution in [0, 0.1) is 0 Å². The number of hydrogen-bond acceptors (Lipinski definition) is 7. The smallest absolute Gasteiger partial charge is 0.406 e. The second kappa shape index (κ2) is 7.49. The molecule has 2 aromatic rings. The molecular formula is C23H20F5N5O4. The number of β-amino-alcohol motifs (C(OH)–C–C–N with tert-alkyl or cyclic N) is 1. The van der Waals surface area contributed by atoms with E-state index in [4.69, 9.17) is 4.74 Å². The molecule has 1 unspecified atom stereocenters. The number of ether oxygens (including phenoxy) is 1. The first-order valence-electron chi connectivity index (χ1n) is 11.5. The number of imide groups is 1. The summed E-state index contributed by atoms with van der Waals surface area (Å²) in [5.74, 6) is -4.08. The highest BCUT2D eigenvalue weighted by molar-refractivity contribution is 6.08. The van der Waals surface area contributed by atoms with E-state index < -0.39 is 55.3 Å². The first-order chi connectivity index (χ1) is 17.3. The van der Waals surface area contributed by atoms with E-state index in [0.29, 0.717) is 5.56 Å². The van der Waals surface area contributed by atoms with Gasteiger partial charge in [-0.3, -0.25) is 9.69 Å². The van der Waals surface area contributed by atoms with Gasteiger partial charge >= 0.3 is 12.2 Å². The molecule has 37 heavy (non-hydrogen) atoms. The molecule has 4 aliphatic rings. The van der Waals surface area contributed by atoms with Crippen molar-refractivity contribution in [3.05, 3.63) is 35.0 Å². The van der Waals surface area contributed by atoms with Crippen molar-refractivity contribution in [3.63, 3.8) is 0 Å². The normalized spacial score (nSPS) is 27.8. The lowest BCUT2D eigenvalue weighted by molar-refractivity contribution is -0.155. The summed E-state index contributed by atoms with van der Waals surface area (Å²) in [6.07, 6.45) is -5.83. The second-order valence-electron chi connectivity index (χ2n) is 9.71. The summed E-state index contributed by atoms with van der Waals surface area (Å²) in [7, 11) is 0. The van der Waals surface area contributed by atoms with E-state index in [1.165, 1.54) is 18.2 Å². The highest BCUT2D eigenvalue weighted by Crippen LogP contribution is 2.47. The minimum absolute atomic E-state index is 0.0267. The number of anilines is 1. The molecule has 4 heterocycles. The quantitative estimate of drug-likeness (QED) is 0.468. The predicted molar refractivity (Wildman–Crippen MR) is 116 cm³/mol. The van der Waals surface area contributed by atoms with Crippen molar-refractivity contribution in [3.8, 4) is 17.0 Å². The second-order valence-corrected chi connectivity index (χ2v) is 9.71. The average Bonchev–Trinajstić information content (AvgIpc) is 3.43. The van der Waals surface area contributed by atoms with E-state index >= 15 is 0 Å². The molecule has 2 N–H and O–H groups in total. The summed E-state index contributed by atoms with van der Waals surface area (Å²) in [6.45, 7) is -0.239. The number of aromatic nitrogens is 2. The van der Waals surface area contributed by atoms with Gasteiger partial charge in [-0.2, -0.15) is 22.0 Å². The van der Waals surface area contributed by atoms with Gasteiger partial charge in [0.05, 0.1) is 17.8 Å². The van der Waals surface area contributed by atoms with Gasteiger partial charge in [0.15, 0.2) is 5.54 Å². The molecule has 1 aliphatic carbocycles. The lowest BCUT2D eigenvalue weighted by Crippen LogP contribution is -2.59. The van der Waals surface area contributed by atoms with Crippen molar-refractivity contribution in [1.82, 2.24) is 20.2 Å². The summed E-state index contributed by atoms with van der Waals surface area (Å²) >= 11 is 0. The lowest BCUT2D eigenvalue weighted by Gasteiger charge is -2.43. The Morgan fingerprint density at radius 3 is 2.68 bits per heavy atom. The molecule has 3 aliphatic heterocycles. The van der Waals surface area contributed by atoms with Crippen LogP contribution in [0.15, 0.2) is 18.2 Å². The van der Waals surface area contributed by atoms with Gasteiger partial charge in [0.2, 0.25) is 5.95 Å². The zero-order valence-electron chi connectivity index (χ0n) is 19.3. The van der Waals surface area contributed by atoms with Gasteiger partial charge in [0.1, 0.15) is 24.6 Å². The molecule has 14 heteroatoms. The van der Waals surface area contributed by atoms with Crippen LogP contribution in [0.1, 0.15) is 30.2 Å². The molecule has 0 saturated carbocycles. The van der Waals surface area contributed by atoms with Crippen molar-refractivity contribution in [2.24, 2.45) is 0 Å². The van der Waals surface area contributed by atoms with Crippen LogP contribution in [0.3, 0.4) is 0 Å². The average molecular weight is 525 g/mol. The maximum absolute atomic E-state index is 14.7. The molecule has 196 valence electrons. The highest BCUT2D eigenvalue weighted by atomic mass is 19.4. The Bertz CT molecular complexity index is 1350. The summed E-state index contributed by atoms with van der Waals surface area (Å²) in [5.41, 5.74) is -1.16. The van der Waals surface area contributed by atoms with Crippen LogP contribution < -0.4 is 15.0 Å². The van der Waals surface area contributed by atoms with Crippen molar-refractivity contribution >= 4 is 17.9 Å². The van der Waals surface area contributed by atoms with E-state index in [0.717, 1.165) is 0 Å². The predicted octanol–water partition coefficient (Wildman–Crippen LogP) is 2.45.